The average Bonchev–Trinajstić information content (AvgIpc) is 2.67. The van der Waals surface area contributed by atoms with Crippen LogP contribution < -0.4 is 0 Å². The van der Waals surface area contributed by atoms with E-state index in [9.17, 15) is 4.79 Å². The van der Waals surface area contributed by atoms with E-state index in [0.29, 0.717) is 0 Å². The Hall–Kier alpha value is -1.00. The third-order valence-corrected chi connectivity index (χ3v) is 3.61. The normalized spacial score (nSPS) is 21.7. The predicted molar refractivity (Wildman–Crippen MR) is 59.7 cm³/mol. The van der Waals surface area contributed by atoms with Crippen molar-refractivity contribution in [3.8, 4) is 0 Å². The first-order chi connectivity index (χ1) is 7.27. The van der Waals surface area contributed by atoms with E-state index in [1.54, 1.807) is 11.9 Å². The lowest BCUT2D eigenvalue weighted by Gasteiger charge is -2.19. The molecular formula is C11H13NO2S. The summed E-state index contributed by atoms with van der Waals surface area (Å²) in [5.74, 6) is -0.712. The van der Waals surface area contributed by atoms with E-state index in [1.165, 1.54) is 0 Å². The van der Waals surface area contributed by atoms with Gasteiger partial charge in [-0.3, -0.25) is 4.79 Å². The van der Waals surface area contributed by atoms with Gasteiger partial charge < -0.3 is 5.11 Å². The largest absolute Gasteiger partial charge is 0.480 e. The number of benzene rings is 1. The fraction of sp³-hybridized carbons (Fsp3) is 0.364. The van der Waals surface area contributed by atoms with Crippen LogP contribution in [0.2, 0.25) is 0 Å². The van der Waals surface area contributed by atoms with Crippen molar-refractivity contribution in [1.82, 2.24) is 4.31 Å². The van der Waals surface area contributed by atoms with Crippen LogP contribution in [0.3, 0.4) is 0 Å². The molecule has 0 spiro atoms. The predicted octanol–water partition coefficient (Wildman–Crippen LogP) is 2.24. The molecule has 0 aliphatic carbocycles. The molecular weight excluding hydrogens is 210 g/mol. The van der Waals surface area contributed by atoms with E-state index in [2.05, 4.69) is 0 Å². The van der Waals surface area contributed by atoms with Gasteiger partial charge in [0.25, 0.3) is 0 Å². The van der Waals surface area contributed by atoms with Crippen LogP contribution in [-0.4, -0.2) is 28.0 Å². The van der Waals surface area contributed by atoms with Gasteiger partial charge in [0.1, 0.15) is 6.04 Å². The van der Waals surface area contributed by atoms with Gasteiger partial charge in [-0.15, -0.1) is 0 Å². The lowest BCUT2D eigenvalue weighted by atomic mass is 10.2. The lowest BCUT2D eigenvalue weighted by Crippen LogP contribution is -2.30. The summed E-state index contributed by atoms with van der Waals surface area (Å²) in [7, 11) is 0. The van der Waals surface area contributed by atoms with Gasteiger partial charge in [0.2, 0.25) is 0 Å². The van der Waals surface area contributed by atoms with E-state index >= 15 is 0 Å². The second-order valence-electron chi connectivity index (χ2n) is 3.54. The van der Waals surface area contributed by atoms with Crippen molar-refractivity contribution in [2.24, 2.45) is 0 Å². The monoisotopic (exact) mass is 223 g/mol. The van der Waals surface area contributed by atoms with Crippen LogP contribution in [0.25, 0.3) is 0 Å². The summed E-state index contributed by atoms with van der Waals surface area (Å²) >= 11 is 1.54. The van der Waals surface area contributed by atoms with Crippen LogP contribution in [0, 0.1) is 0 Å². The molecule has 0 unspecified atom stereocenters. The number of hydrogen-bond acceptors (Lipinski definition) is 3. The van der Waals surface area contributed by atoms with Gasteiger partial charge >= 0.3 is 5.97 Å². The molecule has 1 aromatic rings. The number of carboxylic acid groups (broad SMARTS) is 1. The van der Waals surface area contributed by atoms with Crippen molar-refractivity contribution in [3.05, 3.63) is 30.3 Å². The van der Waals surface area contributed by atoms with Gasteiger partial charge in [-0.2, -0.15) is 0 Å². The second kappa shape index (κ2) is 4.68. The number of rotatable bonds is 3. The number of nitrogens with zero attached hydrogens (tertiary/aromatic N) is 1. The van der Waals surface area contributed by atoms with Crippen LogP contribution in [0.5, 0.6) is 0 Å². The molecule has 1 heterocycles. The van der Waals surface area contributed by atoms with Gasteiger partial charge in [0, 0.05) is 11.4 Å². The fourth-order valence-electron chi connectivity index (χ4n) is 1.71. The molecule has 2 rings (SSSR count). The van der Waals surface area contributed by atoms with Crippen LogP contribution >= 0.6 is 11.9 Å². The third kappa shape index (κ3) is 2.52. The second-order valence-corrected chi connectivity index (χ2v) is 4.66. The van der Waals surface area contributed by atoms with Crippen LogP contribution in [0.15, 0.2) is 35.2 Å². The first-order valence-corrected chi connectivity index (χ1v) is 5.77. The minimum atomic E-state index is -0.712. The Morgan fingerprint density at radius 3 is 2.80 bits per heavy atom. The molecule has 1 fully saturated rings. The Morgan fingerprint density at radius 2 is 2.13 bits per heavy atom. The number of carbonyl (C=O) groups is 1. The van der Waals surface area contributed by atoms with E-state index in [-0.39, 0.29) is 6.04 Å². The van der Waals surface area contributed by atoms with Crippen molar-refractivity contribution in [1.29, 1.82) is 0 Å². The Labute approximate surface area is 93.2 Å². The Morgan fingerprint density at radius 1 is 1.40 bits per heavy atom. The molecule has 80 valence electrons. The number of aliphatic carboxylic acids is 1. The van der Waals surface area contributed by atoms with Crippen molar-refractivity contribution in [2.75, 3.05) is 6.54 Å². The van der Waals surface area contributed by atoms with Gasteiger partial charge in [-0.05, 0) is 36.9 Å². The van der Waals surface area contributed by atoms with E-state index in [0.717, 1.165) is 24.3 Å². The Balaban J connectivity index is 2.03. The zero-order valence-corrected chi connectivity index (χ0v) is 9.11. The molecule has 0 radical (unpaired) electrons. The molecule has 4 heteroatoms. The number of hydrogen-bond donors (Lipinski definition) is 1. The fourth-order valence-corrected chi connectivity index (χ4v) is 2.81. The molecule has 0 amide bonds. The zero-order chi connectivity index (χ0) is 10.7. The first kappa shape index (κ1) is 10.5. The van der Waals surface area contributed by atoms with Crippen LogP contribution in [-0.2, 0) is 4.79 Å². The van der Waals surface area contributed by atoms with Gasteiger partial charge in [0.05, 0.1) is 0 Å². The topological polar surface area (TPSA) is 40.5 Å². The standard InChI is InChI=1S/C11H13NO2S/c13-11(14)10-7-4-8-12(10)15-9-5-2-1-3-6-9/h1-3,5-6,10H,4,7-8H2,(H,13,14)/t10-/m0/s1. The summed E-state index contributed by atoms with van der Waals surface area (Å²) in [6, 6.07) is 9.57. The van der Waals surface area contributed by atoms with Crippen molar-refractivity contribution in [2.45, 2.75) is 23.8 Å². The first-order valence-electron chi connectivity index (χ1n) is 5.00. The van der Waals surface area contributed by atoms with E-state index < -0.39 is 5.97 Å². The van der Waals surface area contributed by atoms with Crippen LogP contribution in [0.4, 0.5) is 0 Å². The highest BCUT2D eigenvalue weighted by atomic mass is 32.2. The van der Waals surface area contributed by atoms with E-state index in [4.69, 9.17) is 5.11 Å². The molecule has 1 atom stereocenters. The van der Waals surface area contributed by atoms with Crippen molar-refractivity contribution < 1.29 is 9.90 Å². The van der Waals surface area contributed by atoms with E-state index in [1.807, 2.05) is 34.6 Å². The lowest BCUT2D eigenvalue weighted by molar-refractivity contribution is -0.140. The summed E-state index contributed by atoms with van der Waals surface area (Å²) < 4.78 is 1.96. The summed E-state index contributed by atoms with van der Waals surface area (Å²) in [4.78, 5) is 12.0. The molecule has 1 saturated heterocycles. The summed E-state index contributed by atoms with van der Waals surface area (Å²) in [5, 5.41) is 9.01. The minimum absolute atomic E-state index is 0.324. The Bertz CT molecular complexity index is 342. The average molecular weight is 223 g/mol. The van der Waals surface area contributed by atoms with Gasteiger partial charge in [-0.25, -0.2) is 4.31 Å². The molecule has 0 bridgehead atoms. The SMILES string of the molecule is O=C(O)[C@@H]1CCCN1Sc1ccccc1. The quantitative estimate of drug-likeness (QED) is 0.798. The van der Waals surface area contributed by atoms with Gasteiger partial charge in [0.15, 0.2) is 0 Å². The minimum Gasteiger partial charge on any atom is -0.480 e. The molecule has 1 N–H and O–H groups in total. The Kier molecular flexibility index (Phi) is 3.28. The highest BCUT2D eigenvalue weighted by Crippen LogP contribution is 2.30. The van der Waals surface area contributed by atoms with Crippen molar-refractivity contribution >= 4 is 17.9 Å². The summed E-state index contributed by atoms with van der Waals surface area (Å²) in [6.07, 6.45) is 1.73. The summed E-state index contributed by atoms with van der Waals surface area (Å²) in [5.41, 5.74) is 0. The molecule has 0 aromatic heterocycles. The smallest absolute Gasteiger partial charge is 0.321 e. The molecule has 1 aromatic carbocycles. The molecule has 15 heavy (non-hydrogen) atoms. The molecule has 0 saturated carbocycles. The maximum absolute atomic E-state index is 10.9. The maximum Gasteiger partial charge on any atom is 0.321 e. The highest BCUT2D eigenvalue weighted by molar-refractivity contribution is 7.97. The zero-order valence-electron chi connectivity index (χ0n) is 8.30. The highest BCUT2D eigenvalue weighted by Gasteiger charge is 2.31. The maximum atomic E-state index is 10.9. The van der Waals surface area contributed by atoms with Gasteiger partial charge in [-0.1, -0.05) is 18.2 Å². The summed E-state index contributed by atoms with van der Waals surface area (Å²) in [6.45, 7) is 0.858. The molecule has 1 aliphatic heterocycles. The van der Waals surface area contributed by atoms with Crippen molar-refractivity contribution in [3.63, 3.8) is 0 Å². The molecule has 3 nitrogen and oxygen atoms in total. The third-order valence-electron chi connectivity index (χ3n) is 2.45. The molecule has 1 aliphatic rings. The van der Waals surface area contributed by atoms with Crippen LogP contribution in [0.1, 0.15) is 12.8 Å². The number of carboxylic acids is 1.